The minimum Gasteiger partial charge on any atom is -0.363 e. The van der Waals surface area contributed by atoms with Gasteiger partial charge in [-0.05, 0) is 47.9 Å². The predicted octanol–water partition coefficient (Wildman–Crippen LogP) is 6.43. The van der Waals surface area contributed by atoms with Gasteiger partial charge in [0, 0.05) is 33.5 Å². The first kappa shape index (κ1) is 26.9. The predicted molar refractivity (Wildman–Crippen MR) is 153 cm³/mol. The number of aromatic nitrogens is 5. The minimum absolute atomic E-state index is 0.0916. The number of carbonyl (C=O) groups is 1. The first-order chi connectivity index (χ1) is 18.6. The molecule has 0 aromatic carbocycles. The molecule has 0 bridgehead atoms. The van der Waals surface area contributed by atoms with Crippen LogP contribution in [0.5, 0.6) is 0 Å². The van der Waals surface area contributed by atoms with Crippen molar-refractivity contribution in [3.63, 3.8) is 0 Å². The van der Waals surface area contributed by atoms with Crippen LogP contribution in [0.2, 0.25) is 4.34 Å². The molecule has 200 valence electrons. The fraction of sp³-hybridized carbons (Fsp3) is 0.222. The van der Waals surface area contributed by atoms with Crippen LogP contribution in [0, 0.1) is 11.2 Å². The highest BCUT2D eigenvalue weighted by Gasteiger charge is 2.32. The summed E-state index contributed by atoms with van der Waals surface area (Å²) >= 11 is 8.67. The molecule has 0 unspecified atom stereocenters. The van der Waals surface area contributed by atoms with Crippen LogP contribution >= 0.6 is 34.5 Å². The van der Waals surface area contributed by atoms with Crippen LogP contribution in [0.15, 0.2) is 64.9 Å². The van der Waals surface area contributed by atoms with E-state index in [1.807, 2.05) is 6.07 Å². The molecule has 39 heavy (non-hydrogen) atoms. The molecule has 0 aliphatic heterocycles. The van der Waals surface area contributed by atoms with Gasteiger partial charge in [0.15, 0.2) is 11.6 Å². The van der Waals surface area contributed by atoms with Crippen LogP contribution in [0.4, 0.5) is 10.2 Å². The highest BCUT2D eigenvalue weighted by Crippen LogP contribution is 2.35. The monoisotopic (exact) mass is 582 g/mol. The van der Waals surface area contributed by atoms with Crippen molar-refractivity contribution in [2.75, 3.05) is 5.32 Å². The van der Waals surface area contributed by atoms with Crippen molar-refractivity contribution in [1.82, 2.24) is 23.7 Å². The van der Waals surface area contributed by atoms with Gasteiger partial charge in [0.2, 0.25) is 0 Å². The summed E-state index contributed by atoms with van der Waals surface area (Å²) in [5, 5.41) is 9.32. The Morgan fingerprint density at radius 2 is 1.95 bits per heavy atom. The number of rotatable bonds is 7. The van der Waals surface area contributed by atoms with E-state index >= 15 is 4.39 Å². The zero-order chi connectivity index (χ0) is 27.7. The van der Waals surface area contributed by atoms with Crippen LogP contribution in [-0.4, -0.2) is 29.6 Å². The van der Waals surface area contributed by atoms with Crippen molar-refractivity contribution in [3.8, 4) is 22.6 Å². The molecule has 0 amide bonds. The second-order valence-electron chi connectivity index (χ2n) is 9.76. The average Bonchev–Trinajstić information content (AvgIpc) is 3.64. The lowest BCUT2D eigenvalue weighted by molar-refractivity contribution is 0.0751. The first-order valence-corrected chi connectivity index (χ1v) is 14.0. The zero-order valence-electron chi connectivity index (χ0n) is 21.3. The SMILES string of the molecule is CC(C)(C)C(=O)n1nc(-c2c(-c3ccccn3)ccc(=O)n2Cc2ccsn2)c(F)c1NCc1ccc(Cl)s1. The van der Waals surface area contributed by atoms with Gasteiger partial charge in [-0.2, -0.15) is 14.2 Å². The Kier molecular flexibility index (Phi) is 7.48. The van der Waals surface area contributed by atoms with E-state index in [0.717, 1.165) is 9.56 Å². The van der Waals surface area contributed by atoms with Gasteiger partial charge in [-0.25, -0.2) is 4.39 Å². The number of nitrogens with zero attached hydrogens (tertiary/aromatic N) is 5. The number of pyridine rings is 2. The number of anilines is 1. The standard InChI is InChI=1S/C27H24ClFN6O2S2/c1-27(2,3)26(37)35-25(31-14-17-7-9-20(28)39-17)22(29)23(32-35)24-18(19-6-4-5-12-30-19)8-10-21(36)34(24)15-16-11-13-38-33-16/h4-13,31H,14-15H2,1-3H3. The van der Waals surface area contributed by atoms with E-state index in [-0.39, 0.29) is 35.9 Å². The van der Waals surface area contributed by atoms with E-state index in [1.165, 1.54) is 33.5 Å². The second-order valence-corrected chi connectivity index (χ2v) is 12.2. The van der Waals surface area contributed by atoms with Crippen molar-refractivity contribution in [2.24, 2.45) is 5.41 Å². The van der Waals surface area contributed by atoms with Gasteiger partial charge < -0.3 is 5.32 Å². The van der Waals surface area contributed by atoms with Crippen LogP contribution < -0.4 is 10.9 Å². The Bertz CT molecular complexity index is 1690. The summed E-state index contributed by atoms with van der Waals surface area (Å²) in [6, 6.07) is 13.7. The lowest BCUT2D eigenvalue weighted by Crippen LogP contribution is -2.29. The maximum absolute atomic E-state index is 16.5. The molecule has 5 rings (SSSR count). The topological polar surface area (TPSA) is 94.7 Å². The maximum atomic E-state index is 16.5. The third-order valence-electron chi connectivity index (χ3n) is 5.88. The van der Waals surface area contributed by atoms with Crippen LogP contribution in [-0.2, 0) is 13.1 Å². The number of hydrogen-bond acceptors (Lipinski definition) is 8. The summed E-state index contributed by atoms with van der Waals surface area (Å²) < 4.78 is 23.8. The maximum Gasteiger partial charge on any atom is 0.254 e. The molecule has 0 saturated heterocycles. The molecule has 0 fully saturated rings. The molecule has 5 heterocycles. The summed E-state index contributed by atoms with van der Waals surface area (Å²) in [6.07, 6.45) is 1.62. The molecule has 0 aliphatic rings. The summed E-state index contributed by atoms with van der Waals surface area (Å²) in [5.74, 6) is -1.27. The molecular formula is C27H24ClFN6O2S2. The van der Waals surface area contributed by atoms with Crippen molar-refractivity contribution in [3.05, 3.63) is 91.2 Å². The molecule has 0 spiro atoms. The second kappa shape index (κ2) is 10.8. The lowest BCUT2D eigenvalue weighted by Gasteiger charge is -2.18. The Balaban J connectivity index is 1.74. The van der Waals surface area contributed by atoms with E-state index in [1.54, 1.807) is 68.7 Å². The van der Waals surface area contributed by atoms with Crippen molar-refractivity contribution in [2.45, 2.75) is 33.9 Å². The molecule has 0 saturated carbocycles. The summed E-state index contributed by atoms with van der Waals surface area (Å²) in [7, 11) is 0. The number of thiophene rings is 1. The third-order valence-corrected chi connectivity index (χ3v) is 7.71. The number of carbonyl (C=O) groups excluding carboxylic acids is 1. The summed E-state index contributed by atoms with van der Waals surface area (Å²) in [5.41, 5.74) is 0.491. The molecule has 0 atom stereocenters. The largest absolute Gasteiger partial charge is 0.363 e. The van der Waals surface area contributed by atoms with Gasteiger partial charge in [-0.1, -0.05) is 38.4 Å². The third kappa shape index (κ3) is 5.56. The van der Waals surface area contributed by atoms with E-state index in [9.17, 15) is 9.59 Å². The zero-order valence-corrected chi connectivity index (χ0v) is 23.7. The average molecular weight is 583 g/mol. The quantitative estimate of drug-likeness (QED) is 0.238. The van der Waals surface area contributed by atoms with Gasteiger partial charge in [0.25, 0.3) is 11.5 Å². The minimum atomic E-state index is -0.862. The van der Waals surface area contributed by atoms with Gasteiger partial charge in [-0.15, -0.1) is 11.3 Å². The first-order valence-electron chi connectivity index (χ1n) is 12.0. The number of hydrogen-bond donors (Lipinski definition) is 1. The van der Waals surface area contributed by atoms with Gasteiger partial charge >= 0.3 is 0 Å². The molecule has 0 radical (unpaired) electrons. The Labute approximate surface area is 236 Å². The fourth-order valence-electron chi connectivity index (χ4n) is 3.99. The summed E-state index contributed by atoms with van der Waals surface area (Å²) in [6.45, 7) is 5.52. The molecule has 1 N–H and O–H groups in total. The normalized spacial score (nSPS) is 11.6. The van der Waals surface area contributed by atoms with Crippen molar-refractivity contribution >= 4 is 46.2 Å². The molecule has 5 aromatic heterocycles. The van der Waals surface area contributed by atoms with E-state index in [2.05, 4.69) is 19.8 Å². The van der Waals surface area contributed by atoms with E-state index < -0.39 is 17.1 Å². The Hall–Kier alpha value is -3.67. The van der Waals surface area contributed by atoms with Gasteiger partial charge in [0.05, 0.1) is 34.5 Å². The molecule has 12 heteroatoms. The molecule has 5 aromatic rings. The number of nitrogens with one attached hydrogen (secondary N) is 1. The van der Waals surface area contributed by atoms with E-state index in [4.69, 9.17) is 11.6 Å². The molecule has 8 nitrogen and oxygen atoms in total. The fourth-order valence-corrected chi connectivity index (χ4v) is 5.55. The summed E-state index contributed by atoms with van der Waals surface area (Å²) in [4.78, 5) is 31.9. The molecular weight excluding hydrogens is 559 g/mol. The smallest absolute Gasteiger partial charge is 0.254 e. The highest BCUT2D eigenvalue weighted by atomic mass is 35.5. The number of halogens is 2. The van der Waals surface area contributed by atoms with Gasteiger partial charge in [-0.3, -0.25) is 19.1 Å². The van der Waals surface area contributed by atoms with Crippen molar-refractivity contribution < 1.29 is 9.18 Å². The molecule has 0 aliphatic carbocycles. The highest BCUT2D eigenvalue weighted by molar-refractivity contribution is 7.16. The van der Waals surface area contributed by atoms with Crippen molar-refractivity contribution in [1.29, 1.82) is 0 Å². The Morgan fingerprint density at radius 1 is 1.13 bits per heavy atom. The van der Waals surface area contributed by atoms with E-state index in [0.29, 0.717) is 21.3 Å². The van der Waals surface area contributed by atoms with Gasteiger partial charge in [0.1, 0.15) is 5.69 Å². The van der Waals surface area contributed by atoms with Crippen LogP contribution in [0.1, 0.15) is 36.1 Å². The van der Waals surface area contributed by atoms with Crippen LogP contribution in [0.3, 0.4) is 0 Å². The lowest BCUT2D eigenvalue weighted by atomic mass is 9.96. The van der Waals surface area contributed by atoms with Crippen LogP contribution in [0.25, 0.3) is 22.6 Å². The Morgan fingerprint density at radius 3 is 2.59 bits per heavy atom.